The molecule has 0 spiro atoms. The van der Waals surface area contributed by atoms with Crippen molar-refractivity contribution in [2.24, 2.45) is 11.7 Å². The Hall–Kier alpha value is -1.39. The standard InChI is InChI=1S/C16H26N2O2/c1-13(2)12-18-15(20)16(17,10-6-7-11-19)14-8-4-3-5-9-14/h3-5,8-9,13,19H,6-7,10-12,17H2,1-2H3,(H,18,20). The summed E-state index contributed by atoms with van der Waals surface area (Å²) < 4.78 is 0. The molecule has 1 unspecified atom stereocenters. The lowest BCUT2D eigenvalue weighted by molar-refractivity contribution is -0.127. The fourth-order valence-corrected chi connectivity index (χ4v) is 2.09. The third-order valence-electron chi connectivity index (χ3n) is 3.34. The number of nitrogens with one attached hydrogen (secondary N) is 1. The zero-order chi connectivity index (χ0) is 15.0. The van der Waals surface area contributed by atoms with Crippen molar-refractivity contribution >= 4 is 5.91 Å². The predicted molar refractivity (Wildman–Crippen MR) is 81.1 cm³/mol. The van der Waals surface area contributed by atoms with Crippen molar-refractivity contribution in [2.75, 3.05) is 13.2 Å². The van der Waals surface area contributed by atoms with Crippen LogP contribution in [0.4, 0.5) is 0 Å². The quantitative estimate of drug-likeness (QED) is 0.634. The molecule has 4 nitrogen and oxygen atoms in total. The first-order valence-corrected chi connectivity index (χ1v) is 7.24. The largest absolute Gasteiger partial charge is 0.396 e. The number of benzene rings is 1. The Morgan fingerprint density at radius 1 is 1.30 bits per heavy atom. The number of carbonyl (C=O) groups is 1. The summed E-state index contributed by atoms with van der Waals surface area (Å²) in [6, 6.07) is 9.45. The molecule has 1 amide bonds. The summed E-state index contributed by atoms with van der Waals surface area (Å²) in [5.41, 5.74) is 6.19. The Bertz CT molecular complexity index is 406. The predicted octanol–water partition coefficient (Wildman–Crippen LogP) is 1.78. The Morgan fingerprint density at radius 3 is 2.50 bits per heavy atom. The van der Waals surface area contributed by atoms with E-state index in [9.17, 15) is 4.79 Å². The first kappa shape index (κ1) is 16.7. The maximum absolute atomic E-state index is 12.5. The maximum atomic E-state index is 12.5. The summed E-state index contributed by atoms with van der Waals surface area (Å²) in [5, 5.41) is 11.8. The number of rotatable bonds is 8. The van der Waals surface area contributed by atoms with Crippen LogP contribution in [0.25, 0.3) is 0 Å². The molecule has 0 saturated heterocycles. The van der Waals surface area contributed by atoms with E-state index in [4.69, 9.17) is 10.8 Å². The van der Waals surface area contributed by atoms with Gasteiger partial charge in [-0.3, -0.25) is 4.79 Å². The highest BCUT2D eigenvalue weighted by atomic mass is 16.2. The van der Waals surface area contributed by atoms with Crippen LogP contribution in [0.15, 0.2) is 30.3 Å². The number of carbonyl (C=O) groups excluding carboxylic acids is 1. The van der Waals surface area contributed by atoms with Gasteiger partial charge in [0.25, 0.3) is 0 Å². The summed E-state index contributed by atoms with van der Waals surface area (Å²) in [6.07, 6.45) is 1.90. The van der Waals surface area contributed by atoms with Crippen molar-refractivity contribution in [1.82, 2.24) is 5.32 Å². The van der Waals surface area contributed by atoms with Gasteiger partial charge in [0.2, 0.25) is 5.91 Å². The summed E-state index contributed by atoms with van der Waals surface area (Å²) >= 11 is 0. The molecule has 0 radical (unpaired) electrons. The lowest BCUT2D eigenvalue weighted by Gasteiger charge is -2.29. The minimum atomic E-state index is -1.02. The van der Waals surface area contributed by atoms with Gasteiger partial charge in [-0.1, -0.05) is 44.2 Å². The van der Waals surface area contributed by atoms with Gasteiger partial charge in [0, 0.05) is 13.2 Å². The first-order chi connectivity index (χ1) is 9.50. The lowest BCUT2D eigenvalue weighted by atomic mass is 9.85. The summed E-state index contributed by atoms with van der Waals surface area (Å²) in [7, 11) is 0. The van der Waals surface area contributed by atoms with Gasteiger partial charge in [0.1, 0.15) is 5.54 Å². The maximum Gasteiger partial charge on any atom is 0.244 e. The van der Waals surface area contributed by atoms with Gasteiger partial charge < -0.3 is 16.2 Å². The van der Waals surface area contributed by atoms with E-state index >= 15 is 0 Å². The molecule has 0 saturated carbocycles. The number of hydrogen-bond donors (Lipinski definition) is 3. The molecule has 0 aromatic heterocycles. The minimum Gasteiger partial charge on any atom is -0.396 e. The van der Waals surface area contributed by atoms with Gasteiger partial charge >= 0.3 is 0 Å². The molecule has 4 N–H and O–H groups in total. The van der Waals surface area contributed by atoms with Crippen molar-refractivity contribution in [2.45, 2.75) is 38.6 Å². The van der Waals surface area contributed by atoms with Crippen molar-refractivity contribution in [3.63, 3.8) is 0 Å². The van der Waals surface area contributed by atoms with Crippen LogP contribution in [0.1, 0.15) is 38.7 Å². The van der Waals surface area contributed by atoms with E-state index in [-0.39, 0.29) is 12.5 Å². The van der Waals surface area contributed by atoms with Gasteiger partial charge in [-0.2, -0.15) is 0 Å². The van der Waals surface area contributed by atoms with Crippen LogP contribution >= 0.6 is 0 Å². The molecule has 0 heterocycles. The normalized spacial score (nSPS) is 14.1. The average Bonchev–Trinajstić information content (AvgIpc) is 2.45. The second-order valence-electron chi connectivity index (χ2n) is 5.62. The van der Waals surface area contributed by atoms with E-state index in [0.29, 0.717) is 25.3 Å². The third kappa shape index (κ3) is 4.62. The third-order valence-corrected chi connectivity index (χ3v) is 3.34. The SMILES string of the molecule is CC(C)CNC(=O)C(N)(CCCCO)c1ccccc1. The highest BCUT2D eigenvalue weighted by molar-refractivity contribution is 5.87. The highest BCUT2D eigenvalue weighted by Gasteiger charge is 2.35. The minimum absolute atomic E-state index is 0.123. The summed E-state index contributed by atoms with van der Waals surface area (Å²) in [4.78, 5) is 12.5. The van der Waals surface area contributed by atoms with Crippen molar-refractivity contribution in [3.05, 3.63) is 35.9 Å². The fourth-order valence-electron chi connectivity index (χ4n) is 2.09. The van der Waals surface area contributed by atoms with Crippen molar-refractivity contribution in [3.8, 4) is 0 Å². The van der Waals surface area contributed by atoms with Gasteiger partial charge in [-0.25, -0.2) is 0 Å². The van der Waals surface area contributed by atoms with Gasteiger partial charge in [-0.15, -0.1) is 0 Å². The molecule has 1 aromatic rings. The average molecular weight is 278 g/mol. The molecule has 0 bridgehead atoms. The zero-order valence-electron chi connectivity index (χ0n) is 12.4. The van der Waals surface area contributed by atoms with Crippen LogP contribution in [0, 0.1) is 5.92 Å². The Balaban J connectivity index is 2.86. The number of hydrogen-bond acceptors (Lipinski definition) is 3. The molecular formula is C16H26N2O2. The summed E-state index contributed by atoms with van der Waals surface area (Å²) in [5.74, 6) is 0.242. The van der Waals surface area contributed by atoms with Crippen molar-refractivity contribution < 1.29 is 9.90 Å². The van der Waals surface area contributed by atoms with Crippen molar-refractivity contribution in [1.29, 1.82) is 0 Å². The van der Waals surface area contributed by atoms with Crippen LogP contribution in [-0.2, 0) is 10.3 Å². The molecule has 112 valence electrons. The van der Waals surface area contributed by atoms with E-state index in [2.05, 4.69) is 5.32 Å². The first-order valence-electron chi connectivity index (χ1n) is 7.24. The van der Waals surface area contributed by atoms with Gasteiger partial charge in [-0.05, 0) is 30.7 Å². The smallest absolute Gasteiger partial charge is 0.244 e. The van der Waals surface area contributed by atoms with E-state index in [1.54, 1.807) is 0 Å². The Kier molecular flexibility index (Phi) is 6.68. The topological polar surface area (TPSA) is 75.4 Å². The second-order valence-corrected chi connectivity index (χ2v) is 5.62. The molecule has 0 aliphatic rings. The lowest BCUT2D eigenvalue weighted by Crippen LogP contribution is -2.52. The molecular weight excluding hydrogens is 252 g/mol. The van der Waals surface area contributed by atoms with Crippen LogP contribution < -0.4 is 11.1 Å². The molecule has 0 fully saturated rings. The summed E-state index contributed by atoms with van der Waals surface area (Å²) in [6.45, 7) is 4.84. The zero-order valence-corrected chi connectivity index (χ0v) is 12.4. The van der Waals surface area contributed by atoms with Crippen LogP contribution in [0.3, 0.4) is 0 Å². The van der Waals surface area contributed by atoms with Crippen LogP contribution in [-0.4, -0.2) is 24.2 Å². The van der Waals surface area contributed by atoms with E-state index in [1.807, 2.05) is 44.2 Å². The molecule has 1 atom stereocenters. The monoisotopic (exact) mass is 278 g/mol. The molecule has 20 heavy (non-hydrogen) atoms. The number of amides is 1. The molecule has 0 aliphatic heterocycles. The fraction of sp³-hybridized carbons (Fsp3) is 0.562. The Morgan fingerprint density at radius 2 is 1.95 bits per heavy atom. The number of aliphatic hydroxyl groups is 1. The molecule has 0 aliphatic carbocycles. The van der Waals surface area contributed by atoms with E-state index in [1.165, 1.54) is 0 Å². The number of unbranched alkanes of at least 4 members (excludes halogenated alkanes) is 1. The van der Waals surface area contributed by atoms with Gasteiger partial charge in [0.15, 0.2) is 0 Å². The number of nitrogens with two attached hydrogens (primary N) is 1. The molecule has 1 aromatic carbocycles. The Labute approximate surface area is 121 Å². The van der Waals surface area contributed by atoms with Crippen LogP contribution in [0.5, 0.6) is 0 Å². The van der Waals surface area contributed by atoms with Gasteiger partial charge in [0.05, 0.1) is 0 Å². The van der Waals surface area contributed by atoms with E-state index < -0.39 is 5.54 Å². The molecule has 4 heteroatoms. The van der Waals surface area contributed by atoms with E-state index in [0.717, 1.165) is 12.0 Å². The molecule has 1 rings (SSSR count). The second kappa shape index (κ2) is 8.02. The number of aliphatic hydroxyl groups excluding tert-OH is 1. The highest BCUT2D eigenvalue weighted by Crippen LogP contribution is 2.25. The van der Waals surface area contributed by atoms with Crippen LogP contribution in [0.2, 0.25) is 0 Å².